The molecule has 2 aromatic rings. The Morgan fingerprint density at radius 1 is 1.37 bits per heavy atom. The molecule has 160 valence electrons. The van der Waals surface area contributed by atoms with Crippen molar-refractivity contribution in [1.29, 1.82) is 0 Å². The molecule has 1 atom stereocenters. The van der Waals surface area contributed by atoms with Crippen LogP contribution in [0, 0.1) is 6.92 Å². The number of carbonyl (C=O) groups excluding carboxylic acids is 1. The van der Waals surface area contributed by atoms with Crippen molar-refractivity contribution >= 4 is 33.7 Å². The summed E-state index contributed by atoms with van der Waals surface area (Å²) in [5.41, 5.74) is 7.50. The minimum atomic E-state index is -0.297. The van der Waals surface area contributed by atoms with Gasteiger partial charge in [-0.3, -0.25) is 4.79 Å². The first kappa shape index (κ1) is 22.3. The fraction of sp³-hybridized carbons (Fsp3) is 0.417. The third-order valence-electron chi connectivity index (χ3n) is 5.65. The minimum Gasteiger partial charge on any atom is -0.484 e. The van der Waals surface area contributed by atoms with Crippen molar-refractivity contribution in [3.05, 3.63) is 57.6 Å². The number of ether oxygens (including phenoxy) is 1. The first-order chi connectivity index (χ1) is 14.2. The van der Waals surface area contributed by atoms with E-state index < -0.39 is 0 Å². The van der Waals surface area contributed by atoms with Gasteiger partial charge < -0.3 is 9.64 Å². The molecule has 0 aromatic heterocycles. The van der Waals surface area contributed by atoms with E-state index >= 15 is 0 Å². The molecular weight excluding hydrogens is 442 g/mol. The number of amides is 1. The Morgan fingerprint density at radius 2 is 2.13 bits per heavy atom. The fourth-order valence-electron chi connectivity index (χ4n) is 4.30. The quantitative estimate of drug-likeness (QED) is 0.453. The second-order valence-corrected chi connectivity index (χ2v) is 9.38. The lowest BCUT2D eigenvalue weighted by Gasteiger charge is -2.47. The van der Waals surface area contributed by atoms with Crippen LogP contribution in [0.3, 0.4) is 0 Å². The predicted molar refractivity (Wildman–Crippen MR) is 127 cm³/mol. The van der Waals surface area contributed by atoms with Gasteiger partial charge in [0.15, 0.2) is 6.61 Å². The highest BCUT2D eigenvalue weighted by atomic mass is 79.9. The van der Waals surface area contributed by atoms with E-state index in [1.807, 2.05) is 18.2 Å². The van der Waals surface area contributed by atoms with Crippen LogP contribution in [0.5, 0.6) is 5.75 Å². The van der Waals surface area contributed by atoms with Gasteiger partial charge in [0.25, 0.3) is 5.91 Å². The van der Waals surface area contributed by atoms with Crippen molar-refractivity contribution in [2.24, 2.45) is 5.10 Å². The maximum Gasteiger partial charge on any atom is 0.277 e. The molecule has 1 amide bonds. The van der Waals surface area contributed by atoms with E-state index in [0.717, 1.165) is 28.6 Å². The molecule has 0 radical (unpaired) electrons. The van der Waals surface area contributed by atoms with Crippen molar-refractivity contribution < 1.29 is 9.53 Å². The molecule has 1 heterocycles. The SMILES string of the molecule is CCN1c2cc(C)c(/C=N/NC(=O)COc3cccc(Br)c3)cc2[C@H](C)CC1(C)C. The summed E-state index contributed by atoms with van der Waals surface area (Å²) in [6.07, 6.45) is 2.83. The Labute approximate surface area is 187 Å². The first-order valence-corrected chi connectivity index (χ1v) is 11.1. The topological polar surface area (TPSA) is 53.9 Å². The van der Waals surface area contributed by atoms with Crippen LogP contribution < -0.4 is 15.1 Å². The number of nitrogens with zero attached hydrogens (tertiary/aromatic N) is 2. The monoisotopic (exact) mass is 471 g/mol. The third kappa shape index (κ3) is 5.04. The van der Waals surface area contributed by atoms with E-state index in [0.29, 0.717) is 11.7 Å². The van der Waals surface area contributed by atoms with Gasteiger partial charge in [-0.05, 0) is 87.1 Å². The Kier molecular flexibility index (Phi) is 6.86. The normalized spacial score (nSPS) is 17.7. The van der Waals surface area contributed by atoms with Crippen molar-refractivity contribution in [3.8, 4) is 5.75 Å². The molecular formula is C24H30BrN3O2. The third-order valence-corrected chi connectivity index (χ3v) is 6.14. The van der Waals surface area contributed by atoms with Gasteiger partial charge >= 0.3 is 0 Å². The van der Waals surface area contributed by atoms with Gasteiger partial charge in [-0.15, -0.1) is 0 Å². The molecule has 6 heteroatoms. The van der Waals surface area contributed by atoms with E-state index in [2.05, 4.69) is 78.1 Å². The molecule has 0 saturated carbocycles. The lowest BCUT2D eigenvalue weighted by Crippen LogP contribution is -2.48. The van der Waals surface area contributed by atoms with E-state index in [4.69, 9.17) is 4.74 Å². The summed E-state index contributed by atoms with van der Waals surface area (Å²) in [4.78, 5) is 14.5. The van der Waals surface area contributed by atoms with Crippen LogP contribution in [0.1, 0.15) is 56.7 Å². The number of aryl methyl sites for hydroxylation is 1. The van der Waals surface area contributed by atoms with Crippen molar-refractivity contribution in [2.75, 3.05) is 18.1 Å². The molecule has 0 unspecified atom stereocenters. The summed E-state index contributed by atoms with van der Waals surface area (Å²) in [6, 6.07) is 11.8. The van der Waals surface area contributed by atoms with Gasteiger partial charge in [-0.25, -0.2) is 5.43 Å². The summed E-state index contributed by atoms with van der Waals surface area (Å²) in [7, 11) is 0. The molecule has 0 bridgehead atoms. The number of anilines is 1. The average molecular weight is 472 g/mol. The maximum absolute atomic E-state index is 12.0. The van der Waals surface area contributed by atoms with Crippen LogP contribution in [0.15, 0.2) is 46.0 Å². The highest BCUT2D eigenvalue weighted by Crippen LogP contribution is 2.43. The van der Waals surface area contributed by atoms with Crippen LogP contribution in [0.4, 0.5) is 5.69 Å². The van der Waals surface area contributed by atoms with Gasteiger partial charge in [0.05, 0.1) is 6.21 Å². The molecule has 5 nitrogen and oxygen atoms in total. The second kappa shape index (κ2) is 9.21. The largest absolute Gasteiger partial charge is 0.484 e. The molecule has 0 saturated heterocycles. The van der Waals surface area contributed by atoms with Crippen LogP contribution >= 0.6 is 15.9 Å². The lowest BCUT2D eigenvalue weighted by molar-refractivity contribution is -0.123. The van der Waals surface area contributed by atoms with Gasteiger partial charge in [0.2, 0.25) is 0 Å². The Hall–Kier alpha value is -2.34. The molecule has 0 fully saturated rings. The standard InChI is InChI=1S/C24H30BrN3O2/c1-6-28-22-10-16(2)18(11-21(22)17(3)13-24(28,4)5)14-26-27-23(29)15-30-20-9-7-8-19(25)12-20/h7-12,14,17H,6,13,15H2,1-5H3,(H,27,29)/b26-14+/t17-/m1/s1. The Morgan fingerprint density at radius 3 is 2.83 bits per heavy atom. The summed E-state index contributed by atoms with van der Waals surface area (Å²) >= 11 is 3.38. The summed E-state index contributed by atoms with van der Waals surface area (Å²) in [6.45, 7) is 12.1. The number of halogens is 1. The lowest BCUT2D eigenvalue weighted by atomic mass is 9.79. The number of fused-ring (bicyclic) bond motifs is 1. The van der Waals surface area contributed by atoms with Gasteiger partial charge in [-0.2, -0.15) is 5.10 Å². The van der Waals surface area contributed by atoms with Crippen molar-refractivity contribution in [3.63, 3.8) is 0 Å². The molecule has 0 spiro atoms. The number of benzene rings is 2. The predicted octanol–water partition coefficient (Wildman–Crippen LogP) is 5.40. The summed E-state index contributed by atoms with van der Waals surface area (Å²) in [5.74, 6) is 0.805. The zero-order valence-corrected chi connectivity index (χ0v) is 19.9. The molecule has 3 rings (SSSR count). The number of carbonyl (C=O) groups is 1. The molecule has 1 N–H and O–H groups in total. The molecule has 30 heavy (non-hydrogen) atoms. The van der Waals surface area contributed by atoms with Gasteiger partial charge in [0.1, 0.15) is 5.75 Å². The zero-order chi connectivity index (χ0) is 21.9. The van der Waals surface area contributed by atoms with Gasteiger partial charge in [0, 0.05) is 22.2 Å². The number of hydrazone groups is 1. The van der Waals surface area contributed by atoms with Crippen molar-refractivity contribution in [1.82, 2.24) is 5.43 Å². The molecule has 1 aliphatic rings. The number of nitrogens with one attached hydrogen (secondary N) is 1. The number of hydrogen-bond acceptors (Lipinski definition) is 4. The smallest absolute Gasteiger partial charge is 0.277 e. The van der Waals surface area contributed by atoms with Crippen LogP contribution in [0.2, 0.25) is 0 Å². The number of rotatable bonds is 6. The van der Waals surface area contributed by atoms with Crippen LogP contribution in [-0.4, -0.2) is 30.8 Å². The van der Waals surface area contributed by atoms with Crippen molar-refractivity contribution in [2.45, 2.75) is 52.5 Å². The average Bonchev–Trinajstić information content (AvgIpc) is 2.67. The van der Waals surface area contributed by atoms with E-state index in [1.54, 1.807) is 12.3 Å². The minimum absolute atomic E-state index is 0.0887. The highest BCUT2D eigenvalue weighted by molar-refractivity contribution is 9.10. The van der Waals surface area contributed by atoms with Crippen LogP contribution in [0.25, 0.3) is 0 Å². The summed E-state index contributed by atoms with van der Waals surface area (Å²) in [5, 5.41) is 4.15. The molecule has 1 aliphatic heterocycles. The highest BCUT2D eigenvalue weighted by Gasteiger charge is 2.35. The summed E-state index contributed by atoms with van der Waals surface area (Å²) < 4.78 is 6.39. The second-order valence-electron chi connectivity index (χ2n) is 8.47. The van der Waals surface area contributed by atoms with Crippen LogP contribution in [-0.2, 0) is 4.79 Å². The van der Waals surface area contributed by atoms with E-state index in [-0.39, 0.29) is 18.1 Å². The number of hydrogen-bond donors (Lipinski definition) is 1. The Bertz CT molecular complexity index is 955. The molecule has 0 aliphatic carbocycles. The van der Waals surface area contributed by atoms with E-state index in [9.17, 15) is 4.79 Å². The zero-order valence-electron chi connectivity index (χ0n) is 18.3. The van der Waals surface area contributed by atoms with E-state index in [1.165, 1.54) is 11.3 Å². The maximum atomic E-state index is 12.0. The Balaban J connectivity index is 1.67. The first-order valence-electron chi connectivity index (χ1n) is 10.3. The molecule has 2 aromatic carbocycles. The van der Waals surface area contributed by atoms with Gasteiger partial charge in [-0.1, -0.05) is 28.9 Å². The fourth-order valence-corrected chi connectivity index (χ4v) is 4.68.